The van der Waals surface area contributed by atoms with Crippen LogP contribution in [0.4, 0.5) is 0 Å². The van der Waals surface area contributed by atoms with Gasteiger partial charge in [-0.1, -0.05) is 43.2 Å². The summed E-state index contributed by atoms with van der Waals surface area (Å²) in [4.78, 5) is 2.34. The minimum absolute atomic E-state index is 0.145. The van der Waals surface area contributed by atoms with E-state index in [9.17, 15) is 8.42 Å². The molecular weight excluding hydrogens is 298 g/mol. The predicted molar refractivity (Wildman–Crippen MR) is 87.5 cm³/mol. The van der Waals surface area contributed by atoms with Gasteiger partial charge in [0.25, 0.3) is 0 Å². The molecule has 22 heavy (non-hydrogen) atoms. The zero-order valence-electron chi connectivity index (χ0n) is 13.0. The Kier molecular flexibility index (Phi) is 5.16. The van der Waals surface area contributed by atoms with E-state index in [0.29, 0.717) is 18.7 Å². The van der Waals surface area contributed by atoms with E-state index in [4.69, 9.17) is 4.74 Å². The van der Waals surface area contributed by atoms with Crippen molar-refractivity contribution in [3.8, 4) is 0 Å². The maximum Gasteiger partial charge on any atom is 0.155 e. The molecule has 0 spiro atoms. The summed E-state index contributed by atoms with van der Waals surface area (Å²) in [5.74, 6) is 0.386. The van der Waals surface area contributed by atoms with Crippen LogP contribution in [0.15, 0.2) is 30.3 Å². The number of nitrogens with zero attached hydrogens (tertiary/aromatic N) is 1. The summed E-state index contributed by atoms with van der Waals surface area (Å²) in [6, 6.07) is 9.87. The van der Waals surface area contributed by atoms with E-state index in [2.05, 4.69) is 4.90 Å². The van der Waals surface area contributed by atoms with Gasteiger partial charge in [-0.25, -0.2) is 8.42 Å². The summed E-state index contributed by atoms with van der Waals surface area (Å²) in [6.07, 6.45) is 5.06. The Hall–Kier alpha value is -0.910. The van der Waals surface area contributed by atoms with Crippen LogP contribution in [0.2, 0.25) is 0 Å². The van der Waals surface area contributed by atoms with Crippen LogP contribution in [0.25, 0.3) is 0 Å². The van der Waals surface area contributed by atoms with Crippen LogP contribution < -0.4 is 0 Å². The number of hydrogen-bond donors (Lipinski definition) is 0. The third-order valence-electron chi connectivity index (χ3n) is 4.77. The van der Waals surface area contributed by atoms with Gasteiger partial charge < -0.3 is 4.74 Å². The lowest BCUT2D eigenvalue weighted by atomic mass is 9.90. The van der Waals surface area contributed by atoms with E-state index >= 15 is 0 Å². The maximum atomic E-state index is 12.3. The Morgan fingerprint density at radius 1 is 1.14 bits per heavy atom. The number of hydrogen-bond acceptors (Lipinski definition) is 4. The molecule has 2 aliphatic rings. The standard InChI is InChI=1S/C17H25NO3S/c19-22(20,14-15-6-2-1-3-7-15)13-11-18-10-12-21-17-9-5-4-8-16(17)18/h1-3,6-7,16-17H,4-5,8-14H2/t16-,17+/m1/s1. The first-order valence-corrected chi connectivity index (χ1v) is 10.1. The van der Waals surface area contributed by atoms with Crippen LogP contribution >= 0.6 is 0 Å². The summed E-state index contributed by atoms with van der Waals surface area (Å²) in [5.41, 5.74) is 0.875. The fraction of sp³-hybridized carbons (Fsp3) is 0.647. The highest BCUT2D eigenvalue weighted by Gasteiger charge is 2.34. The molecule has 1 aromatic carbocycles. The second kappa shape index (κ2) is 7.11. The number of fused-ring (bicyclic) bond motifs is 1. The normalized spacial score (nSPS) is 26.5. The molecule has 0 aromatic heterocycles. The molecule has 1 aliphatic heterocycles. The number of ether oxygens (including phenoxy) is 1. The Balaban J connectivity index is 1.56. The Labute approximate surface area is 133 Å². The van der Waals surface area contributed by atoms with Crippen LogP contribution in [0, 0.1) is 0 Å². The summed E-state index contributed by atoms with van der Waals surface area (Å²) >= 11 is 0. The van der Waals surface area contributed by atoms with Crippen molar-refractivity contribution in [2.24, 2.45) is 0 Å². The van der Waals surface area contributed by atoms with Crippen molar-refractivity contribution < 1.29 is 13.2 Å². The van der Waals surface area contributed by atoms with E-state index in [1.165, 1.54) is 12.8 Å². The second-order valence-corrected chi connectivity index (χ2v) is 8.56. The quantitative estimate of drug-likeness (QED) is 0.834. The second-order valence-electron chi connectivity index (χ2n) is 6.37. The van der Waals surface area contributed by atoms with Gasteiger partial charge in [-0.2, -0.15) is 0 Å². The van der Waals surface area contributed by atoms with E-state index in [-0.39, 0.29) is 11.5 Å². The van der Waals surface area contributed by atoms with Crippen LogP contribution in [0.5, 0.6) is 0 Å². The van der Waals surface area contributed by atoms with Gasteiger partial charge in [0.1, 0.15) is 0 Å². The molecule has 0 radical (unpaired) electrons. The first-order valence-electron chi connectivity index (χ1n) is 8.24. The Morgan fingerprint density at radius 3 is 2.73 bits per heavy atom. The average molecular weight is 323 g/mol. The van der Waals surface area contributed by atoms with Crippen LogP contribution in [-0.4, -0.2) is 50.9 Å². The summed E-state index contributed by atoms with van der Waals surface area (Å²) < 4.78 is 30.5. The van der Waals surface area contributed by atoms with Gasteiger partial charge in [-0.15, -0.1) is 0 Å². The van der Waals surface area contributed by atoms with Crippen LogP contribution in [0.3, 0.4) is 0 Å². The highest BCUT2D eigenvalue weighted by atomic mass is 32.2. The van der Waals surface area contributed by atoms with Crippen molar-refractivity contribution in [3.63, 3.8) is 0 Å². The molecule has 3 rings (SSSR count). The van der Waals surface area contributed by atoms with E-state index in [1.54, 1.807) is 0 Å². The van der Waals surface area contributed by atoms with Crippen molar-refractivity contribution in [1.29, 1.82) is 0 Å². The lowest BCUT2D eigenvalue weighted by molar-refractivity contribution is -0.0859. The first-order chi connectivity index (χ1) is 10.6. The molecule has 1 aliphatic carbocycles. The van der Waals surface area contributed by atoms with Crippen molar-refractivity contribution >= 4 is 9.84 Å². The van der Waals surface area contributed by atoms with E-state index in [1.807, 2.05) is 30.3 Å². The molecule has 122 valence electrons. The minimum Gasteiger partial charge on any atom is -0.375 e. The molecule has 1 saturated heterocycles. The largest absolute Gasteiger partial charge is 0.375 e. The average Bonchev–Trinajstić information content (AvgIpc) is 2.53. The molecule has 0 bridgehead atoms. The maximum absolute atomic E-state index is 12.3. The van der Waals surface area contributed by atoms with E-state index < -0.39 is 9.84 Å². The summed E-state index contributed by atoms with van der Waals surface area (Å²) in [5, 5.41) is 0. The topological polar surface area (TPSA) is 46.6 Å². The molecule has 1 aromatic rings. The van der Waals surface area contributed by atoms with Gasteiger partial charge in [0.05, 0.1) is 24.2 Å². The molecule has 0 amide bonds. The molecule has 2 atom stereocenters. The van der Waals surface area contributed by atoms with Crippen LogP contribution in [-0.2, 0) is 20.3 Å². The van der Waals surface area contributed by atoms with Gasteiger partial charge >= 0.3 is 0 Å². The Morgan fingerprint density at radius 2 is 1.91 bits per heavy atom. The number of morpholine rings is 1. The number of benzene rings is 1. The highest BCUT2D eigenvalue weighted by molar-refractivity contribution is 7.90. The van der Waals surface area contributed by atoms with Gasteiger partial charge in [0, 0.05) is 19.1 Å². The Bertz CT molecular complexity index is 571. The zero-order chi connectivity index (χ0) is 15.4. The smallest absolute Gasteiger partial charge is 0.155 e. The van der Waals surface area contributed by atoms with Crippen molar-refractivity contribution in [1.82, 2.24) is 4.90 Å². The van der Waals surface area contributed by atoms with Gasteiger partial charge in [-0.05, 0) is 18.4 Å². The SMILES string of the molecule is O=S(=O)(CCN1CCO[C@H]2CCCC[C@H]21)Cc1ccccc1. The van der Waals surface area contributed by atoms with Gasteiger partial charge in [-0.3, -0.25) is 4.90 Å². The summed E-state index contributed by atoms with van der Waals surface area (Å²) in [6.45, 7) is 2.24. The fourth-order valence-corrected chi connectivity index (χ4v) is 4.97. The van der Waals surface area contributed by atoms with Gasteiger partial charge in [0.2, 0.25) is 0 Å². The van der Waals surface area contributed by atoms with Gasteiger partial charge in [0.15, 0.2) is 9.84 Å². The summed E-state index contributed by atoms with van der Waals surface area (Å²) in [7, 11) is -3.05. The predicted octanol–water partition coefficient (Wildman–Crippen LogP) is 2.24. The molecule has 5 heteroatoms. The van der Waals surface area contributed by atoms with E-state index in [0.717, 1.165) is 31.6 Å². The number of sulfone groups is 1. The molecule has 0 N–H and O–H groups in total. The molecular formula is C17H25NO3S. The monoisotopic (exact) mass is 323 g/mol. The fourth-order valence-electron chi connectivity index (χ4n) is 3.61. The van der Waals surface area contributed by atoms with Crippen LogP contribution in [0.1, 0.15) is 31.2 Å². The minimum atomic E-state index is -3.05. The molecule has 1 saturated carbocycles. The number of rotatable bonds is 5. The third-order valence-corrected chi connectivity index (χ3v) is 6.34. The zero-order valence-corrected chi connectivity index (χ0v) is 13.8. The molecule has 2 fully saturated rings. The van der Waals surface area contributed by atoms with Crippen molar-refractivity contribution in [2.45, 2.75) is 43.6 Å². The first kappa shape index (κ1) is 16.0. The van der Waals surface area contributed by atoms with Crippen molar-refractivity contribution in [3.05, 3.63) is 35.9 Å². The highest BCUT2D eigenvalue weighted by Crippen LogP contribution is 2.28. The molecule has 0 unspecified atom stereocenters. The molecule has 4 nitrogen and oxygen atoms in total. The lowest BCUT2D eigenvalue weighted by Crippen LogP contribution is -2.53. The third kappa shape index (κ3) is 4.09. The van der Waals surface area contributed by atoms with Crippen molar-refractivity contribution in [2.75, 3.05) is 25.4 Å². The molecule has 1 heterocycles. The lowest BCUT2D eigenvalue weighted by Gasteiger charge is -2.43.